The van der Waals surface area contributed by atoms with E-state index in [0.29, 0.717) is 23.8 Å². The van der Waals surface area contributed by atoms with Crippen LogP contribution < -0.4 is 5.32 Å². The minimum absolute atomic E-state index is 0.0147. The fourth-order valence-corrected chi connectivity index (χ4v) is 3.15. The molecule has 150 valence electrons. The number of aryl methyl sites for hydroxylation is 1. The summed E-state index contributed by atoms with van der Waals surface area (Å²) in [6.45, 7) is 1.82. The van der Waals surface area contributed by atoms with Gasteiger partial charge >= 0.3 is 5.97 Å². The lowest BCUT2D eigenvalue weighted by molar-refractivity contribution is -0.144. The topological polar surface area (TPSA) is 105 Å². The number of nitrogens with one attached hydrogen (secondary N) is 1. The molecule has 7 heteroatoms. The molecule has 3 rings (SSSR count). The van der Waals surface area contributed by atoms with Crippen molar-refractivity contribution in [3.8, 4) is 11.5 Å². The molecule has 0 aliphatic carbocycles. The molecule has 1 aromatic heterocycles. The van der Waals surface area contributed by atoms with Crippen LogP contribution in [0.15, 0.2) is 65.1 Å². The van der Waals surface area contributed by atoms with E-state index in [1.165, 1.54) is 0 Å². The molecule has 1 amide bonds. The number of hydrogen-bond acceptors (Lipinski definition) is 5. The number of carboxylic acids is 1. The molecule has 0 saturated heterocycles. The van der Waals surface area contributed by atoms with Crippen LogP contribution in [0.4, 0.5) is 0 Å². The van der Waals surface area contributed by atoms with Crippen molar-refractivity contribution in [1.29, 1.82) is 0 Å². The van der Waals surface area contributed by atoms with Crippen LogP contribution in [0.25, 0.3) is 11.5 Å². The molecule has 1 atom stereocenters. The Morgan fingerprint density at radius 3 is 2.31 bits per heavy atom. The minimum atomic E-state index is -1.16. The summed E-state index contributed by atoms with van der Waals surface area (Å²) in [6, 6.07) is 18.3. The zero-order valence-corrected chi connectivity index (χ0v) is 16.2. The molecule has 0 aliphatic heterocycles. The molecule has 0 spiro atoms. The zero-order chi connectivity index (χ0) is 20.7. The van der Waals surface area contributed by atoms with Gasteiger partial charge in [0, 0.05) is 24.9 Å². The van der Waals surface area contributed by atoms with Gasteiger partial charge in [-0.1, -0.05) is 55.5 Å². The molecule has 29 heavy (non-hydrogen) atoms. The van der Waals surface area contributed by atoms with E-state index >= 15 is 0 Å². The van der Waals surface area contributed by atoms with Crippen LogP contribution in [-0.2, 0) is 21.4 Å². The van der Waals surface area contributed by atoms with Gasteiger partial charge in [0.05, 0.1) is 0 Å². The van der Waals surface area contributed by atoms with Crippen molar-refractivity contribution < 1.29 is 19.1 Å². The number of carboxylic acid groups (broad SMARTS) is 1. The van der Waals surface area contributed by atoms with E-state index in [-0.39, 0.29) is 25.3 Å². The average molecular weight is 393 g/mol. The highest BCUT2D eigenvalue weighted by atomic mass is 16.4. The average Bonchev–Trinajstić information content (AvgIpc) is 3.23. The van der Waals surface area contributed by atoms with Gasteiger partial charge in [0.25, 0.3) is 0 Å². The van der Waals surface area contributed by atoms with Crippen molar-refractivity contribution in [1.82, 2.24) is 15.5 Å². The fourth-order valence-electron chi connectivity index (χ4n) is 3.15. The first-order valence-electron chi connectivity index (χ1n) is 9.48. The Morgan fingerprint density at radius 1 is 1.03 bits per heavy atom. The van der Waals surface area contributed by atoms with Gasteiger partial charge in [0.2, 0.25) is 17.7 Å². The Labute approximate surface area is 168 Å². The maximum absolute atomic E-state index is 12.3. The van der Waals surface area contributed by atoms with E-state index in [1.54, 1.807) is 31.2 Å². The van der Waals surface area contributed by atoms with Crippen LogP contribution in [0.5, 0.6) is 0 Å². The lowest BCUT2D eigenvalue weighted by Crippen LogP contribution is -2.46. The third-order valence-corrected chi connectivity index (χ3v) is 4.98. The molecular weight excluding hydrogens is 370 g/mol. The molecule has 7 nitrogen and oxygen atoms in total. The number of carbonyl (C=O) groups is 2. The van der Waals surface area contributed by atoms with Crippen LogP contribution in [0, 0.1) is 0 Å². The zero-order valence-electron chi connectivity index (χ0n) is 16.2. The summed E-state index contributed by atoms with van der Waals surface area (Å²) >= 11 is 0. The number of rotatable bonds is 9. The number of benzene rings is 2. The molecule has 1 heterocycles. The lowest BCUT2D eigenvalue weighted by atomic mass is 9.78. The Hall–Kier alpha value is -3.48. The Bertz CT molecular complexity index is 956. The summed E-state index contributed by atoms with van der Waals surface area (Å²) < 4.78 is 5.60. The van der Waals surface area contributed by atoms with Crippen molar-refractivity contribution in [3.05, 3.63) is 72.1 Å². The Balaban J connectivity index is 1.59. The molecule has 0 saturated carbocycles. The highest BCUT2D eigenvalue weighted by Crippen LogP contribution is 2.28. The SMILES string of the molecule is CCC(CNC(=O)CCc1nnc(-c2ccccc2)o1)(C(=O)O)c1ccccc1. The van der Waals surface area contributed by atoms with Gasteiger partial charge in [-0.25, -0.2) is 0 Å². The van der Waals surface area contributed by atoms with Crippen molar-refractivity contribution in [2.75, 3.05) is 6.54 Å². The van der Waals surface area contributed by atoms with Crippen molar-refractivity contribution in [3.63, 3.8) is 0 Å². The molecule has 1 unspecified atom stereocenters. The molecule has 2 aromatic carbocycles. The van der Waals surface area contributed by atoms with E-state index in [2.05, 4.69) is 15.5 Å². The molecule has 0 fully saturated rings. The van der Waals surface area contributed by atoms with Crippen molar-refractivity contribution in [2.45, 2.75) is 31.6 Å². The van der Waals surface area contributed by atoms with E-state index in [4.69, 9.17) is 4.42 Å². The van der Waals surface area contributed by atoms with Crippen molar-refractivity contribution in [2.24, 2.45) is 0 Å². The number of aliphatic carboxylic acids is 1. The molecule has 3 aromatic rings. The highest BCUT2D eigenvalue weighted by molar-refractivity contribution is 5.83. The second kappa shape index (κ2) is 9.14. The van der Waals surface area contributed by atoms with Crippen LogP contribution in [0.3, 0.4) is 0 Å². The van der Waals surface area contributed by atoms with E-state index in [1.807, 2.05) is 36.4 Å². The number of hydrogen-bond donors (Lipinski definition) is 2. The summed E-state index contributed by atoms with van der Waals surface area (Å²) in [7, 11) is 0. The standard InChI is InChI=1S/C22H23N3O4/c1-2-22(21(27)28,17-11-7-4-8-12-17)15-23-18(26)13-14-19-24-25-20(29-19)16-9-5-3-6-10-16/h3-12H,2,13-15H2,1H3,(H,23,26)(H,27,28). The van der Waals surface area contributed by atoms with Crippen LogP contribution >= 0.6 is 0 Å². The van der Waals surface area contributed by atoms with Gasteiger partial charge < -0.3 is 14.8 Å². The van der Waals surface area contributed by atoms with Gasteiger partial charge in [0.15, 0.2) is 0 Å². The monoisotopic (exact) mass is 393 g/mol. The largest absolute Gasteiger partial charge is 0.481 e. The second-order valence-electron chi connectivity index (χ2n) is 6.75. The summed E-state index contributed by atoms with van der Waals surface area (Å²) in [5.41, 5.74) is 0.314. The predicted octanol–water partition coefficient (Wildman–Crippen LogP) is 3.22. The first-order chi connectivity index (χ1) is 14.0. The summed E-state index contributed by atoms with van der Waals surface area (Å²) in [6.07, 6.45) is 0.768. The third-order valence-electron chi connectivity index (χ3n) is 4.98. The quantitative estimate of drug-likeness (QED) is 0.578. The number of aromatic nitrogens is 2. The van der Waals surface area contributed by atoms with Gasteiger partial charge in [-0.3, -0.25) is 9.59 Å². The second-order valence-corrected chi connectivity index (χ2v) is 6.75. The van der Waals surface area contributed by atoms with Crippen LogP contribution in [0.1, 0.15) is 31.2 Å². The summed E-state index contributed by atoms with van der Waals surface area (Å²) in [5, 5.41) is 20.6. The fraction of sp³-hybridized carbons (Fsp3) is 0.273. The van der Waals surface area contributed by atoms with E-state index < -0.39 is 11.4 Å². The van der Waals surface area contributed by atoms with Crippen molar-refractivity contribution >= 4 is 11.9 Å². The predicted molar refractivity (Wildman–Crippen MR) is 107 cm³/mol. The van der Waals surface area contributed by atoms with E-state index in [0.717, 1.165) is 5.56 Å². The first-order valence-corrected chi connectivity index (χ1v) is 9.48. The number of amides is 1. The maximum Gasteiger partial charge on any atom is 0.315 e. The van der Waals surface area contributed by atoms with E-state index in [9.17, 15) is 14.7 Å². The number of nitrogens with zero attached hydrogens (tertiary/aromatic N) is 2. The summed E-state index contributed by atoms with van der Waals surface area (Å²) in [5.74, 6) is -0.460. The Kier molecular flexibility index (Phi) is 6.39. The molecule has 0 aliphatic rings. The normalized spacial score (nSPS) is 12.9. The van der Waals surface area contributed by atoms with Crippen LogP contribution in [0.2, 0.25) is 0 Å². The van der Waals surface area contributed by atoms with Gasteiger partial charge in [-0.2, -0.15) is 0 Å². The third kappa shape index (κ3) is 4.68. The maximum atomic E-state index is 12.3. The molecule has 2 N–H and O–H groups in total. The number of carbonyl (C=O) groups excluding carboxylic acids is 1. The smallest absolute Gasteiger partial charge is 0.315 e. The molecule has 0 bridgehead atoms. The summed E-state index contributed by atoms with van der Waals surface area (Å²) in [4.78, 5) is 24.3. The first kappa shape index (κ1) is 20.3. The highest BCUT2D eigenvalue weighted by Gasteiger charge is 2.38. The van der Waals surface area contributed by atoms with Gasteiger partial charge in [-0.15, -0.1) is 10.2 Å². The minimum Gasteiger partial charge on any atom is -0.481 e. The van der Waals surface area contributed by atoms with Gasteiger partial charge in [-0.05, 0) is 24.1 Å². The van der Waals surface area contributed by atoms with Gasteiger partial charge in [0.1, 0.15) is 5.41 Å². The van der Waals surface area contributed by atoms with Crippen LogP contribution in [-0.4, -0.2) is 33.7 Å². The molecular formula is C22H23N3O4. The molecule has 0 radical (unpaired) electrons. The lowest BCUT2D eigenvalue weighted by Gasteiger charge is -2.29. The Morgan fingerprint density at radius 2 is 1.69 bits per heavy atom.